The molecule has 0 radical (unpaired) electrons. The Morgan fingerprint density at radius 1 is 1.15 bits per heavy atom. The molecule has 1 fully saturated rings. The molecule has 1 aliphatic rings. The van der Waals surface area contributed by atoms with E-state index in [1.807, 2.05) is 6.07 Å². The van der Waals surface area contributed by atoms with Crippen LogP contribution < -0.4 is 5.32 Å². The van der Waals surface area contributed by atoms with Gasteiger partial charge in [-0.05, 0) is 49.6 Å². The number of carbonyl (C=O) groups excluding carboxylic acids is 2. The lowest BCUT2D eigenvalue weighted by atomic mass is 10.0. The van der Waals surface area contributed by atoms with Gasteiger partial charge in [0.25, 0.3) is 5.91 Å². The molecule has 1 atom stereocenters. The van der Waals surface area contributed by atoms with Gasteiger partial charge in [0.2, 0.25) is 5.91 Å². The summed E-state index contributed by atoms with van der Waals surface area (Å²) >= 11 is 1.22. The number of nitrogens with one attached hydrogen (secondary N) is 1. The first-order valence-electron chi connectivity index (χ1n) is 10.5. The summed E-state index contributed by atoms with van der Waals surface area (Å²) in [6.07, 6.45) is -2.78. The van der Waals surface area contributed by atoms with Crippen molar-refractivity contribution in [1.82, 2.24) is 9.88 Å². The highest BCUT2D eigenvalue weighted by molar-refractivity contribution is 7.14. The Hall–Kier alpha value is -3.20. The van der Waals surface area contributed by atoms with Crippen molar-refractivity contribution in [3.63, 3.8) is 0 Å². The van der Waals surface area contributed by atoms with E-state index in [2.05, 4.69) is 10.3 Å². The minimum Gasteiger partial charge on any atom is -0.333 e. The molecule has 1 aromatic heterocycles. The number of nitrogens with zero attached hydrogens (tertiary/aromatic N) is 2. The molecule has 3 aromatic rings. The molecule has 5 nitrogen and oxygen atoms in total. The predicted octanol–water partition coefficient (Wildman–Crippen LogP) is 5.71. The van der Waals surface area contributed by atoms with Gasteiger partial charge in [0, 0.05) is 17.0 Å². The minimum atomic E-state index is -4.44. The van der Waals surface area contributed by atoms with Gasteiger partial charge >= 0.3 is 6.18 Å². The van der Waals surface area contributed by atoms with Crippen molar-refractivity contribution in [3.05, 3.63) is 82.4 Å². The molecular formula is C24H22F3N3O2S. The number of hydrogen-bond acceptors (Lipinski definition) is 4. The van der Waals surface area contributed by atoms with Crippen molar-refractivity contribution in [1.29, 1.82) is 0 Å². The van der Waals surface area contributed by atoms with Crippen molar-refractivity contribution in [2.45, 2.75) is 44.4 Å². The molecular weight excluding hydrogens is 451 g/mol. The summed E-state index contributed by atoms with van der Waals surface area (Å²) in [6, 6.07) is 13.4. The number of carbonyl (C=O) groups is 2. The van der Waals surface area contributed by atoms with E-state index in [1.54, 1.807) is 47.5 Å². The average Bonchev–Trinajstić information content (AvgIpc) is 3.53. The van der Waals surface area contributed by atoms with Crippen LogP contribution in [-0.2, 0) is 17.4 Å². The monoisotopic (exact) mass is 473 g/mol. The third-order valence-corrected chi connectivity index (χ3v) is 6.29. The number of alkyl halides is 3. The van der Waals surface area contributed by atoms with E-state index in [1.165, 1.54) is 17.4 Å². The lowest BCUT2D eigenvalue weighted by Gasteiger charge is -2.30. The molecule has 2 aromatic carbocycles. The van der Waals surface area contributed by atoms with Crippen molar-refractivity contribution >= 4 is 28.3 Å². The van der Waals surface area contributed by atoms with Crippen LogP contribution in [0.25, 0.3) is 0 Å². The minimum absolute atomic E-state index is 0.0114. The van der Waals surface area contributed by atoms with Crippen molar-refractivity contribution in [2.75, 3.05) is 5.32 Å². The van der Waals surface area contributed by atoms with Crippen LogP contribution in [0.3, 0.4) is 0 Å². The summed E-state index contributed by atoms with van der Waals surface area (Å²) in [7, 11) is 0. The summed E-state index contributed by atoms with van der Waals surface area (Å²) < 4.78 is 39.4. The van der Waals surface area contributed by atoms with Gasteiger partial charge in [-0.2, -0.15) is 13.2 Å². The number of thiazole rings is 1. The van der Waals surface area contributed by atoms with Gasteiger partial charge in [-0.25, -0.2) is 4.98 Å². The molecule has 1 N–H and O–H groups in total. The van der Waals surface area contributed by atoms with Gasteiger partial charge in [-0.15, -0.1) is 11.3 Å². The first-order valence-corrected chi connectivity index (χ1v) is 11.4. The molecule has 172 valence electrons. The van der Waals surface area contributed by atoms with Crippen molar-refractivity contribution in [3.8, 4) is 0 Å². The number of hydrogen-bond donors (Lipinski definition) is 1. The van der Waals surface area contributed by atoms with Crippen LogP contribution in [0.15, 0.2) is 60.0 Å². The molecule has 0 saturated heterocycles. The SMILES string of the molecule is CC(c1cccc(C(F)(F)F)c1)N(C(=O)Cc1csc(NC(=O)c2ccccc2)n1)C1CC1. The zero-order valence-electron chi connectivity index (χ0n) is 17.8. The molecule has 1 saturated carbocycles. The number of benzene rings is 2. The van der Waals surface area contributed by atoms with Gasteiger partial charge < -0.3 is 4.90 Å². The lowest BCUT2D eigenvalue weighted by molar-refractivity contribution is -0.137. The quantitative estimate of drug-likeness (QED) is 0.478. The van der Waals surface area contributed by atoms with Crippen molar-refractivity contribution in [2.24, 2.45) is 0 Å². The Kier molecular flexibility index (Phi) is 6.51. The van der Waals surface area contributed by atoms with Crippen LogP contribution in [0.5, 0.6) is 0 Å². The third-order valence-electron chi connectivity index (χ3n) is 5.48. The number of halogens is 3. The maximum atomic E-state index is 13.1. The Morgan fingerprint density at radius 3 is 2.55 bits per heavy atom. The molecule has 1 heterocycles. The molecule has 1 aliphatic carbocycles. The third kappa shape index (κ3) is 5.60. The van der Waals surface area contributed by atoms with E-state index in [4.69, 9.17) is 0 Å². The van der Waals surface area contributed by atoms with E-state index in [-0.39, 0.29) is 24.3 Å². The first kappa shape index (κ1) is 23.0. The standard InChI is InChI=1S/C24H22F3N3O2S/c1-15(17-8-5-9-18(12-17)24(25,26)27)30(20-10-11-20)21(31)13-19-14-33-23(28-19)29-22(32)16-6-3-2-4-7-16/h2-9,12,14-15,20H,10-11,13H2,1H3,(H,28,29,32). The second kappa shape index (κ2) is 9.35. The van der Waals surface area contributed by atoms with Crippen LogP contribution in [-0.4, -0.2) is 27.7 Å². The van der Waals surface area contributed by atoms with E-state index >= 15 is 0 Å². The smallest absolute Gasteiger partial charge is 0.333 e. The van der Waals surface area contributed by atoms with E-state index in [0.717, 1.165) is 25.0 Å². The molecule has 1 unspecified atom stereocenters. The first-order chi connectivity index (χ1) is 15.7. The highest BCUT2D eigenvalue weighted by Crippen LogP contribution is 2.37. The lowest BCUT2D eigenvalue weighted by Crippen LogP contribution is -2.36. The molecule has 0 aliphatic heterocycles. The number of anilines is 1. The molecule has 2 amide bonds. The van der Waals surface area contributed by atoms with E-state index in [0.29, 0.717) is 22.0 Å². The van der Waals surface area contributed by atoms with Crippen molar-refractivity contribution < 1.29 is 22.8 Å². The summed E-state index contributed by atoms with van der Waals surface area (Å²) in [4.78, 5) is 31.4. The van der Waals surface area contributed by atoms with Crippen LogP contribution >= 0.6 is 11.3 Å². The summed E-state index contributed by atoms with van der Waals surface area (Å²) in [6.45, 7) is 1.75. The number of rotatable bonds is 7. The fourth-order valence-electron chi connectivity index (χ4n) is 3.67. The molecule has 33 heavy (non-hydrogen) atoms. The Balaban J connectivity index is 1.45. The highest BCUT2D eigenvalue weighted by atomic mass is 32.1. The van der Waals surface area contributed by atoms with Gasteiger partial charge in [0.05, 0.1) is 23.7 Å². The number of aromatic nitrogens is 1. The van der Waals surface area contributed by atoms with Crippen LogP contribution in [0.2, 0.25) is 0 Å². The maximum Gasteiger partial charge on any atom is 0.416 e. The second-order valence-electron chi connectivity index (χ2n) is 7.97. The molecule has 9 heteroatoms. The Bertz CT molecular complexity index is 1140. The van der Waals surface area contributed by atoms with Gasteiger partial charge in [0.1, 0.15) is 0 Å². The zero-order valence-corrected chi connectivity index (χ0v) is 18.6. The predicted molar refractivity (Wildman–Crippen MR) is 120 cm³/mol. The topological polar surface area (TPSA) is 62.3 Å². The molecule has 4 rings (SSSR count). The second-order valence-corrected chi connectivity index (χ2v) is 8.83. The summed E-state index contributed by atoms with van der Waals surface area (Å²) in [5.74, 6) is -0.491. The molecule has 0 bridgehead atoms. The van der Waals surface area contributed by atoms with Crippen LogP contribution in [0.1, 0.15) is 53.0 Å². The number of amides is 2. The Labute approximate surface area is 193 Å². The van der Waals surface area contributed by atoms with E-state index in [9.17, 15) is 22.8 Å². The fourth-order valence-corrected chi connectivity index (χ4v) is 4.38. The fraction of sp³-hybridized carbons (Fsp3) is 0.292. The molecule has 0 spiro atoms. The zero-order chi connectivity index (χ0) is 23.6. The Morgan fingerprint density at radius 2 is 1.88 bits per heavy atom. The highest BCUT2D eigenvalue weighted by Gasteiger charge is 2.37. The summed E-state index contributed by atoms with van der Waals surface area (Å²) in [5, 5.41) is 4.81. The van der Waals surface area contributed by atoms with Gasteiger partial charge in [-0.1, -0.05) is 30.3 Å². The van der Waals surface area contributed by atoms with Crippen LogP contribution in [0.4, 0.5) is 18.3 Å². The van der Waals surface area contributed by atoms with Gasteiger partial charge in [0.15, 0.2) is 5.13 Å². The van der Waals surface area contributed by atoms with Gasteiger partial charge in [-0.3, -0.25) is 14.9 Å². The van der Waals surface area contributed by atoms with Crippen LogP contribution in [0, 0.1) is 0 Å². The summed E-state index contributed by atoms with van der Waals surface area (Å²) in [5.41, 5.74) is 0.725. The maximum absolute atomic E-state index is 13.1. The normalized spacial score (nSPS) is 14.5. The largest absolute Gasteiger partial charge is 0.416 e. The van der Waals surface area contributed by atoms with E-state index < -0.39 is 17.8 Å². The average molecular weight is 474 g/mol.